The Balaban J connectivity index is 0.000000478. The lowest BCUT2D eigenvalue weighted by Crippen LogP contribution is -2.88. The van der Waals surface area contributed by atoms with Crippen LogP contribution in [0.5, 0.6) is 0 Å². The number of carbonyl (C=O) groups is 1. The summed E-state index contributed by atoms with van der Waals surface area (Å²) in [5.41, 5.74) is 1.62. The molecule has 0 aromatic heterocycles. The molecule has 18 heavy (non-hydrogen) atoms. The number of hydrogen-bond acceptors (Lipinski definition) is 1. The van der Waals surface area contributed by atoms with Gasteiger partial charge < -0.3 is 4.79 Å². The Labute approximate surface area is 112 Å². The Morgan fingerprint density at radius 3 is 1.94 bits per heavy atom. The van der Waals surface area contributed by atoms with Crippen LogP contribution in [0.4, 0.5) is 0 Å². The van der Waals surface area contributed by atoms with Gasteiger partial charge in [0.1, 0.15) is 5.78 Å². The molecule has 0 N–H and O–H groups in total. The highest BCUT2D eigenvalue weighted by atomic mass is 16.1. The van der Waals surface area contributed by atoms with Crippen LogP contribution in [0.25, 0.3) is 0 Å². The lowest BCUT2D eigenvalue weighted by molar-refractivity contribution is -0.459. The molecule has 1 spiro atoms. The molecule has 0 amide bonds. The molecule has 4 fully saturated rings. The van der Waals surface area contributed by atoms with Crippen LogP contribution in [0, 0.1) is 34.0 Å². The van der Waals surface area contributed by atoms with Crippen LogP contribution >= 0.6 is 0 Å². The third-order valence-corrected chi connectivity index (χ3v) is 7.17. The van der Waals surface area contributed by atoms with Gasteiger partial charge in [0.05, 0.1) is 0 Å². The Morgan fingerprint density at radius 1 is 1.11 bits per heavy atom. The Morgan fingerprint density at radius 2 is 1.61 bits per heavy atom. The van der Waals surface area contributed by atoms with Crippen molar-refractivity contribution in [2.24, 2.45) is 34.0 Å². The highest BCUT2D eigenvalue weighted by molar-refractivity contribution is 5.76. The molecule has 0 bridgehead atoms. The molecular formula is C17H28O. The van der Waals surface area contributed by atoms with Gasteiger partial charge in [-0.3, -0.25) is 0 Å². The monoisotopic (exact) mass is 248 g/mol. The zero-order chi connectivity index (χ0) is 13.3. The molecule has 0 heterocycles. The van der Waals surface area contributed by atoms with Gasteiger partial charge >= 0.3 is 0 Å². The Hall–Kier alpha value is -0.330. The fourth-order valence-corrected chi connectivity index (χ4v) is 6.87. The van der Waals surface area contributed by atoms with E-state index in [1.165, 1.54) is 25.7 Å². The van der Waals surface area contributed by atoms with Crippen molar-refractivity contribution in [3.63, 3.8) is 0 Å². The minimum Gasteiger partial charge on any atom is -0.300 e. The fourth-order valence-electron chi connectivity index (χ4n) is 6.87. The van der Waals surface area contributed by atoms with Gasteiger partial charge in [0, 0.05) is 6.42 Å². The number of ketones is 1. The maximum absolute atomic E-state index is 11.5. The minimum atomic E-state index is 0.269. The van der Waals surface area contributed by atoms with Gasteiger partial charge in [-0.2, -0.15) is 0 Å². The second kappa shape index (κ2) is 3.41. The quantitative estimate of drug-likeness (QED) is 0.721. The maximum Gasteiger partial charge on any atom is 0.130 e. The van der Waals surface area contributed by atoms with Gasteiger partial charge in [-0.15, -0.1) is 0 Å². The van der Waals surface area contributed by atoms with E-state index >= 15 is 0 Å². The molecule has 0 saturated heterocycles. The third-order valence-electron chi connectivity index (χ3n) is 7.17. The van der Waals surface area contributed by atoms with Gasteiger partial charge in [-0.1, -0.05) is 27.7 Å². The highest BCUT2D eigenvalue weighted by Crippen LogP contribution is 2.96. The molecule has 2 atom stereocenters. The van der Waals surface area contributed by atoms with E-state index in [1.54, 1.807) is 6.92 Å². The normalized spacial score (nSPS) is 49.9. The lowest BCUT2D eigenvalue weighted by Gasteiger charge is -2.94. The van der Waals surface area contributed by atoms with Crippen molar-refractivity contribution in [1.82, 2.24) is 0 Å². The molecule has 1 heteroatoms. The summed E-state index contributed by atoms with van der Waals surface area (Å²) in [5.74, 6) is 3.58. The summed E-state index contributed by atoms with van der Waals surface area (Å²) in [5, 5.41) is 0. The summed E-state index contributed by atoms with van der Waals surface area (Å²) in [6, 6.07) is 0. The van der Waals surface area contributed by atoms with Crippen LogP contribution in [0.2, 0.25) is 0 Å². The first kappa shape index (κ1) is 12.7. The van der Waals surface area contributed by atoms with Gasteiger partial charge in [0.15, 0.2) is 0 Å². The van der Waals surface area contributed by atoms with E-state index in [0.29, 0.717) is 11.2 Å². The molecule has 0 aliphatic heterocycles. The molecule has 4 rings (SSSR count). The van der Waals surface area contributed by atoms with Crippen LogP contribution in [0.3, 0.4) is 0 Å². The van der Waals surface area contributed by atoms with Crippen LogP contribution in [-0.2, 0) is 4.79 Å². The molecule has 4 aliphatic rings. The van der Waals surface area contributed by atoms with Crippen LogP contribution in [0.15, 0.2) is 0 Å². The van der Waals surface area contributed by atoms with E-state index in [0.717, 1.165) is 29.6 Å². The van der Waals surface area contributed by atoms with Gasteiger partial charge in [0.25, 0.3) is 0 Å². The predicted molar refractivity (Wildman–Crippen MR) is 74.2 cm³/mol. The second-order valence-electron chi connectivity index (χ2n) is 7.75. The zero-order valence-electron chi connectivity index (χ0n) is 12.7. The molecule has 1 nitrogen and oxygen atoms in total. The summed E-state index contributed by atoms with van der Waals surface area (Å²) in [7, 11) is 0. The number of Topliss-reactive ketones (excluding diaryl/α,β-unsaturated/α-hetero) is 1. The molecule has 0 aromatic carbocycles. The molecule has 0 aromatic rings. The highest BCUT2D eigenvalue weighted by Gasteiger charge is 2.89. The maximum atomic E-state index is 11.5. The average Bonchev–Trinajstić information content (AvgIpc) is 2.13. The number of hydrogen-bond donors (Lipinski definition) is 0. The van der Waals surface area contributed by atoms with Crippen molar-refractivity contribution >= 4 is 5.78 Å². The van der Waals surface area contributed by atoms with Crippen molar-refractivity contribution in [3.8, 4) is 0 Å². The average molecular weight is 248 g/mol. The minimum absolute atomic E-state index is 0.269. The fraction of sp³-hybridized carbons (Fsp3) is 0.941. The standard InChI is InChI=1S/C15H22O.C2H6/c1-9(16)6-13(2,3)14-7-11-4-10-5-12(8-14)15(10,11)14;1-2/h10-12H,4-8H2,1-3H3;1-2H3. The Bertz CT molecular complexity index is 367. The van der Waals surface area contributed by atoms with E-state index in [4.69, 9.17) is 0 Å². The van der Waals surface area contributed by atoms with E-state index in [2.05, 4.69) is 13.8 Å². The molecule has 4 saturated carbocycles. The van der Waals surface area contributed by atoms with Gasteiger partial charge in [0.2, 0.25) is 0 Å². The second-order valence-corrected chi connectivity index (χ2v) is 7.75. The summed E-state index contributed by atoms with van der Waals surface area (Å²) >= 11 is 0. The zero-order valence-corrected chi connectivity index (χ0v) is 12.7. The third kappa shape index (κ3) is 0.980. The first-order valence-corrected chi connectivity index (χ1v) is 7.93. The SMILES string of the molecule is CC.CC(=O)CC(C)(C)C12CC3CC4CC(C1)C432. The summed E-state index contributed by atoms with van der Waals surface area (Å²) in [6.07, 6.45) is 6.74. The van der Waals surface area contributed by atoms with E-state index in [1.807, 2.05) is 13.8 Å². The van der Waals surface area contributed by atoms with Crippen molar-refractivity contribution < 1.29 is 4.79 Å². The van der Waals surface area contributed by atoms with Crippen molar-refractivity contribution in [2.75, 3.05) is 0 Å². The largest absolute Gasteiger partial charge is 0.300 e. The molecule has 4 aliphatic carbocycles. The first-order valence-electron chi connectivity index (χ1n) is 7.93. The predicted octanol–water partition coefficient (Wildman–Crippen LogP) is 4.45. The van der Waals surface area contributed by atoms with E-state index in [9.17, 15) is 4.79 Å². The smallest absolute Gasteiger partial charge is 0.130 e. The lowest BCUT2D eigenvalue weighted by atomic mass is 9.10. The van der Waals surface area contributed by atoms with E-state index in [-0.39, 0.29) is 5.41 Å². The van der Waals surface area contributed by atoms with Crippen molar-refractivity contribution in [1.29, 1.82) is 0 Å². The first-order chi connectivity index (χ1) is 8.44. The molecule has 0 radical (unpaired) electrons. The number of carbonyl (C=O) groups excluding carboxylic acids is 1. The van der Waals surface area contributed by atoms with Crippen LogP contribution < -0.4 is 0 Å². The summed E-state index contributed by atoms with van der Waals surface area (Å²) in [6.45, 7) is 10.5. The summed E-state index contributed by atoms with van der Waals surface area (Å²) in [4.78, 5) is 11.5. The molecular weight excluding hydrogens is 220 g/mol. The molecule has 102 valence electrons. The van der Waals surface area contributed by atoms with Crippen LogP contribution in [-0.4, -0.2) is 5.78 Å². The number of rotatable bonds is 3. The Kier molecular flexibility index (Phi) is 2.40. The van der Waals surface area contributed by atoms with E-state index < -0.39 is 0 Å². The van der Waals surface area contributed by atoms with Gasteiger partial charge in [-0.25, -0.2) is 0 Å². The van der Waals surface area contributed by atoms with Gasteiger partial charge in [-0.05, 0) is 66.6 Å². The summed E-state index contributed by atoms with van der Waals surface area (Å²) < 4.78 is 0. The van der Waals surface area contributed by atoms with Crippen molar-refractivity contribution in [2.45, 2.75) is 66.7 Å². The topological polar surface area (TPSA) is 17.1 Å². The van der Waals surface area contributed by atoms with Crippen LogP contribution in [0.1, 0.15) is 66.7 Å². The molecule has 2 unspecified atom stereocenters. The van der Waals surface area contributed by atoms with Crippen molar-refractivity contribution in [3.05, 3.63) is 0 Å².